The van der Waals surface area contributed by atoms with Crippen molar-refractivity contribution in [3.8, 4) is 11.6 Å². The second-order valence-electron chi connectivity index (χ2n) is 3.43. The number of hydrogen-bond acceptors (Lipinski definition) is 5. The molecule has 2 rings (SSSR count). The molecule has 0 aromatic carbocycles. The molecule has 2 heterocycles. The second-order valence-corrected chi connectivity index (χ2v) is 3.43. The maximum absolute atomic E-state index is 11.7. The van der Waals surface area contributed by atoms with Gasteiger partial charge in [-0.2, -0.15) is 0 Å². The largest absolute Gasteiger partial charge is 0.478 e. The Kier molecular flexibility index (Phi) is 3.05. The van der Waals surface area contributed by atoms with Crippen molar-refractivity contribution in [3.05, 3.63) is 46.8 Å². The molecule has 92 valence electrons. The molecular weight excluding hydrogens is 238 g/mol. The summed E-state index contributed by atoms with van der Waals surface area (Å²) in [4.78, 5) is 30.1. The number of carboxylic acids is 1. The van der Waals surface area contributed by atoms with E-state index in [2.05, 4.69) is 9.97 Å². The molecule has 0 aliphatic rings. The normalized spacial score (nSPS) is 10.1. The molecule has 0 amide bonds. The quantitative estimate of drug-likeness (QED) is 0.856. The maximum atomic E-state index is 11.7. The van der Waals surface area contributed by atoms with Crippen molar-refractivity contribution in [2.45, 2.75) is 0 Å². The monoisotopic (exact) mass is 247 g/mol. The van der Waals surface area contributed by atoms with Gasteiger partial charge >= 0.3 is 11.5 Å². The zero-order chi connectivity index (χ0) is 13.1. The fraction of sp³-hybridized carbons (Fsp3) is 0.0909. The molecule has 7 heteroatoms. The van der Waals surface area contributed by atoms with Gasteiger partial charge in [0.1, 0.15) is 5.56 Å². The van der Waals surface area contributed by atoms with Crippen molar-refractivity contribution in [3.63, 3.8) is 0 Å². The minimum absolute atomic E-state index is 0.0270. The lowest BCUT2D eigenvalue weighted by atomic mass is 10.2. The van der Waals surface area contributed by atoms with Gasteiger partial charge in [0.25, 0.3) is 5.88 Å². The fourth-order valence-corrected chi connectivity index (χ4v) is 1.29. The Bertz CT molecular complexity index is 651. The number of carbonyl (C=O) groups is 1. The highest BCUT2D eigenvalue weighted by molar-refractivity contribution is 5.90. The Hall–Kier alpha value is -2.70. The lowest BCUT2D eigenvalue weighted by molar-refractivity contribution is 0.0694. The summed E-state index contributed by atoms with van der Waals surface area (Å²) in [6.45, 7) is 0. The molecule has 0 saturated heterocycles. The van der Waals surface area contributed by atoms with Gasteiger partial charge in [-0.05, 0) is 6.07 Å². The summed E-state index contributed by atoms with van der Waals surface area (Å²) in [7, 11) is 1.54. The second kappa shape index (κ2) is 4.66. The molecule has 0 aliphatic heterocycles. The zero-order valence-corrected chi connectivity index (χ0v) is 9.40. The lowest BCUT2D eigenvalue weighted by Crippen LogP contribution is -2.18. The first kappa shape index (κ1) is 11.8. The van der Waals surface area contributed by atoms with E-state index in [0.29, 0.717) is 0 Å². The van der Waals surface area contributed by atoms with Gasteiger partial charge in [0.15, 0.2) is 5.75 Å². The minimum atomic E-state index is -1.17. The Labute approximate surface area is 101 Å². The molecule has 1 N–H and O–H groups in total. The predicted octanol–water partition coefficient (Wildman–Crippen LogP) is 0.666. The number of aromatic carboxylic acids is 1. The topological polar surface area (TPSA) is 94.3 Å². The summed E-state index contributed by atoms with van der Waals surface area (Å²) >= 11 is 0. The van der Waals surface area contributed by atoms with Gasteiger partial charge in [-0.25, -0.2) is 9.78 Å². The van der Waals surface area contributed by atoms with Crippen LogP contribution in [-0.2, 0) is 7.05 Å². The molecule has 0 saturated carbocycles. The first-order chi connectivity index (χ1) is 8.59. The van der Waals surface area contributed by atoms with Crippen molar-refractivity contribution in [1.82, 2.24) is 14.5 Å². The Morgan fingerprint density at radius 3 is 2.94 bits per heavy atom. The van der Waals surface area contributed by atoms with Gasteiger partial charge in [0.2, 0.25) is 0 Å². The standard InChI is InChI=1S/C11H9N3O4/c1-14-5-4-13-9(10(14)15)18-8-6-12-3-2-7(8)11(16)17/h2-6H,1H3,(H,16,17). The van der Waals surface area contributed by atoms with E-state index in [1.54, 1.807) is 0 Å². The minimum Gasteiger partial charge on any atom is -0.478 e. The van der Waals surface area contributed by atoms with Gasteiger partial charge in [-0.3, -0.25) is 9.78 Å². The van der Waals surface area contributed by atoms with Crippen LogP contribution in [-0.4, -0.2) is 25.6 Å². The van der Waals surface area contributed by atoms with E-state index in [1.807, 2.05) is 0 Å². The summed E-state index contributed by atoms with van der Waals surface area (Å²) in [5.41, 5.74) is -0.546. The number of hydrogen-bond donors (Lipinski definition) is 1. The predicted molar refractivity (Wildman–Crippen MR) is 60.7 cm³/mol. The fourth-order valence-electron chi connectivity index (χ4n) is 1.29. The summed E-state index contributed by atoms with van der Waals surface area (Å²) in [6.07, 6.45) is 5.40. The summed E-state index contributed by atoms with van der Waals surface area (Å²) < 4.78 is 6.47. The lowest BCUT2D eigenvalue weighted by Gasteiger charge is -2.06. The number of aryl methyl sites for hydroxylation is 1. The van der Waals surface area contributed by atoms with E-state index in [4.69, 9.17) is 9.84 Å². The maximum Gasteiger partial charge on any atom is 0.339 e. The average Bonchev–Trinajstić information content (AvgIpc) is 2.35. The molecule has 0 spiro atoms. The van der Waals surface area contributed by atoms with Crippen molar-refractivity contribution >= 4 is 5.97 Å². The van der Waals surface area contributed by atoms with Gasteiger partial charge in [-0.15, -0.1) is 0 Å². The molecule has 0 aliphatic carbocycles. The number of rotatable bonds is 3. The third-order valence-electron chi connectivity index (χ3n) is 2.21. The van der Waals surface area contributed by atoms with E-state index in [9.17, 15) is 9.59 Å². The van der Waals surface area contributed by atoms with Gasteiger partial charge in [-0.1, -0.05) is 0 Å². The van der Waals surface area contributed by atoms with E-state index in [-0.39, 0.29) is 17.2 Å². The smallest absolute Gasteiger partial charge is 0.339 e. The van der Waals surface area contributed by atoms with Crippen LogP contribution in [0.4, 0.5) is 0 Å². The average molecular weight is 247 g/mol. The molecule has 18 heavy (non-hydrogen) atoms. The molecule has 0 radical (unpaired) electrons. The van der Waals surface area contributed by atoms with Gasteiger partial charge < -0.3 is 14.4 Å². The Morgan fingerprint density at radius 1 is 1.44 bits per heavy atom. The summed E-state index contributed by atoms with van der Waals surface area (Å²) in [5, 5.41) is 8.96. The van der Waals surface area contributed by atoms with Crippen LogP contribution in [0.1, 0.15) is 10.4 Å². The first-order valence-electron chi connectivity index (χ1n) is 4.96. The molecule has 7 nitrogen and oxygen atoms in total. The first-order valence-corrected chi connectivity index (χ1v) is 4.96. The van der Waals surface area contributed by atoms with Crippen molar-refractivity contribution < 1.29 is 14.6 Å². The molecule has 2 aromatic rings. The van der Waals surface area contributed by atoms with Gasteiger partial charge in [0.05, 0.1) is 6.20 Å². The van der Waals surface area contributed by atoms with Crippen molar-refractivity contribution in [2.75, 3.05) is 0 Å². The Balaban J connectivity index is 2.44. The molecule has 0 bridgehead atoms. The van der Waals surface area contributed by atoms with Crippen LogP contribution in [0.2, 0.25) is 0 Å². The van der Waals surface area contributed by atoms with Crippen LogP contribution in [0.25, 0.3) is 0 Å². The summed E-state index contributed by atoms with van der Waals surface area (Å²) in [5.74, 6) is -1.39. The highest BCUT2D eigenvalue weighted by Gasteiger charge is 2.14. The molecule has 2 aromatic heterocycles. The van der Waals surface area contributed by atoms with Crippen LogP contribution in [0.3, 0.4) is 0 Å². The third-order valence-corrected chi connectivity index (χ3v) is 2.21. The molecular formula is C11H9N3O4. The van der Waals surface area contributed by atoms with Crippen LogP contribution in [0.15, 0.2) is 35.6 Å². The van der Waals surface area contributed by atoms with Crippen LogP contribution in [0.5, 0.6) is 11.6 Å². The van der Waals surface area contributed by atoms with E-state index < -0.39 is 11.5 Å². The SMILES string of the molecule is Cn1ccnc(Oc2cnccc2C(=O)O)c1=O. The number of ether oxygens (including phenoxy) is 1. The Morgan fingerprint density at radius 2 is 2.22 bits per heavy atom. The van der Waals surface area contributed by atoms with Gasteiger partial charge in [0, 0.05) is 25.6 Å². The number of carboxylic acid groups (broad SMARTS) is 1. The van der Waals surface area contributed by atoms with Crippen LogP contribution < -0.4 is 10.3 Å². The van der Waals surface area contributed by atoms with Crippen LogP contribution >= 0.6 is 0 Å². The molecule has 0 unspecified atom stereocenters. The van der Waals surface area contributed by atoms with E-state index >= 15 is 0 Å². The molecule has 0 atom stereocenters. The van der Waals surface area contributed by atoms with Crippen LogP contribution in [0, 0.1) is 0 Å². The highest BCUT2D eigenvalue weighted by atomic mass is 16.5. The number of aromatic nitrogens is 3. The van der Waals surface area contributed by atoms with Crippen molar-refractivity contribution in [2.24, 2.45) is 7.05 Å². The number of pyridine rings is 1. The number of nitrogens with zero attached hydrogens (tertiary/aromatic N) is 3. The summed E-state index contributed by atoms with van der Waals surface area (Å²) in [6, 6.07) is 1.28. The van der Waals surface area contributed by atoms with E-state index in [1.165, 1.54) is 42.5 Å². The van der Waals surface area contributed by atoms with Crippen molar-refractivity contribution in [1.29, 1.82) is 0 Å². The zero-order valence-electron chi connectivity index (χ0n) is 9.40. The molecule has 0 fully saturated rings. The van der Waals surface area contributed by atoms with E-state index in [0.717, 1.165) is 0 Å². The highest BCUT2D eigenvalue weighted by Crippen LogP contribution is 2.20. The third kappa shape index (κ3) is 2.19.